The Morgan fingerprint density at radius 3 is 2.11 bits per heavy atom. The number of piperidine rings is 1. The molecule has 11 heteroatoms. The van der Waals surface area contributed by atoms with Crippen LogP contribution < -0.4 is 9.64 Å². The van der Waals surface area contributed by atoms with E-state index in [4.69, 9.17) is 4.74 Å². The molecule has 3 saturated heterocycles. The van der Waals surface area contributed by atoms with Gasteiger partial charge in [0.25, 0.3) is 5.91 Å². The SMILES string of the molecule is COc1ccc([C@@H]2CN(C(C)(C)C)C[C@@]2(F)C(=O)N2CC(c3ccc(C(F)(F)F)cc3N3CCC(C(=O)N(C)C)CC3)C2)cc1. The molecule has 5 rings (SSSR count). The number of benzene rings is 2. The van der Waals surface area contributed by atoms with Gasteiger partial charge >= 0.3 is 6.18 Å². The van der Waals surface area contributed by atoms with E-state index < -0.39 is 29.2 Å². The molecule has 3 fully saturated rings. The fraction of sp³-hybridized carbons (Fsp3) is 0.588. The lowest BCUT2D eigenvalue weighted by Gasteiger charge is -2.45. The minimum absolute atomic E-state index is 0.0251. The zero-order valence-electron chi connectivity index (χ0n) is 27.0. The van der Waals surface area contributed by atoms with Crippen LogP contribution in [-0.4, -0.2) is 98.2 Å². The standard InChI is InChI=1S/C34H44F4N4O3/c1-32(2,3)42-20-28(22-7-10-26(45-6)11-8-22)33(35,21-42)31(44)41-18-24(19-41)27-12-9-25(34(36,37)38)17-29(27)40-15-13-23(14-16-40)30(43)39(4)5/h7-12,17,23-24,28H,13-16,18-21H2,1-6H3/t28-,33-/m0/s1. The Labute approximate surface area is 263 Å². The van der Waals surface area contributed by atoms with Crippen molar-refractivity contribution >= 4 is 17.5 Å². The second-order valence-corrected chi connectivity index (χ2v) is 13.9. The summed E-state index contributed by atoms with van der Waals surface area (Å²) >= 11 is 0. The Balaban J connectivity index is 1.36. The summed E-state index contributed by atoms with van der Waals surface area (Å²) in [5.74, 6) is -0.982. The van der Waals surface area contributed by atoms with Crippen molar-refractivity contribution in [2.75, 3.05) is 65.4 Å². The zero-order chi connectivity index (χ0) is 32.9. The molecular formula is C34H44F4N4O3. The van der Waals surface area contributed by atoms with Crippen LogP contribution in [0.3, 0.4) is 0 Å². The minimum Gasteiger partial charge on any atom is -0.497 e. The van der Waals surface area contributed by atoms with Crippen LogP contribution in [0.4, 0.5) is 23.2 Å². The molecule has 2 atom stereocenters. The molecule has 3 aliphatic rings. The largest absolute Gasteiger partial charge is 0.497 e. The minimum atomic E-state index is -4.51. The van der Waals surface area contributed by atoms with Crippen LogP contribution in [0.15, 0.2) is 42.5 Å². The summed E-state index contributed by atoms with van der Waals surface area (Å²) in [6, 6.07) is 10.9. The maximum Gasteiger partial charge on any atom is 0.416 e. The van der Waals surface area contributed by atoms with Gasteiger partial charge in [-0.15, -0.1) is 0 Å². The van der Waals surface area contributed by atoms with Gasteiger partial charge in [0.2, 0.25) is 11.6 Å². The van der Waals surface area contributed by atoms with Crippen molar-refractivity contribution in [3.63, 3.8) is 0 Å². The van der Waals surface area contributed by atoms with Gasteiger partial charge in [-0.25, -0.2) is 4.39 Å². The first-order valence-electron chi connectivity index (χ1n) is 15.6. The molecule has 2 amide bonds. The number of carbonyl (C=O) groups excluding carboxylic acids is 2. The number of likely N-dealkylation sites (tertiary alicyclic amines) is 2. The Morgan fingerprint density at radius 1 is 0.956 bits per heavy atom. The second-order valence-electron chi connectivity index (χ2n) is 13.9. The van der Waals surface area contributed by atoms with E-state index in [0.717, 1.165) is 11.6 Å². The lowest BCUT2D eigenvalue weighted by molar-refractivity contribution is -0.149. The first kappa shape index (κ1) is 33.0. The molecule has 0 bridgehead atoms. The van der Waals surface area contributed by atoms with Gasteiger partial charge in [0.1, 0.15) is 5.75 Å². The number of carbonyl (C=O) groups is 2. The Bertz CT molecular complexity index is 1390. The maximum absolute atomic E-state index is 17.1. The molecule has 246 valence electrons. The lowest BCUT2D eigenvalue weighted by Crippen LogP contribution is -2.58. The number of ether oxygens (including phenoxy) is 1. The van der Waals surface area contributed by atoms with E-state index in [1.807, 2.05) is 30.6 Å². The number of rotatable bonds is 6. The summed E-state index contributed by atoms with van der Waals surface area (Å²) in [6.45, 7) is 7.69. The molecule has 0 N–H and O–H groups in total. The van der Waals surface area contributed by atoms with Gasteiger partial charge in [-0.1, -0.05) is 18.2 Å². The van der Waals surface area contributed by atoms with E-state index in [1.165, 1.54) is 17.0 Å². The summed E-state index contributed by atoms with van der Waals surface area (Å²) < 4.78 is 63.7. The van der Waals surface area contributed by atoms with Crippen molar-refractivity contribution in [2.24, 2.45) is 5.92 Å². The molecule has 45 heavy (non-hydrogen) atoms. The second kappa shape index (κ2) is 12.1. The number of nitrogens with zero attached hydrogens (tertiary/aromatic N) is 4. The fourth-order valence-corrected chi connectivity index (χ4v) is 6.93. The van der Waals surface area contributed by atoms with Crippen LogP contribution in [0, 0.1) is 5.92 Å². The molecule has 0 aromatic heterocycles. The third kappa shape index (κ3) is 6.50. The average molecular weight is 633 g/mol. The molecule has 3 heterocycles. The number of anilines is 1. The van der Waals surface area contributed by atoms with Crippen LogP contribution in [0.2, 0.25) is 0 Å². The van der Waals surface area contributed by atoms with Crippen molar-refractivity contribution in [3.05, 3.63) is 59.2 Å². The van der Waals surface area contributed by atoms with Gasteiger partial charge in [0.05, 0.1) is 12.7 Å². The van der Waals surface area contributed by atoms with E-state index in [-0.39, 0.29) is 42.9 Å². The van der Waals surface area contributed by atoms with Crippen molar-refractivity contribution in [1.82, 2.24) is 14.7 Å². The Hall–Kier alpha value is -3.34. The quantitative estimate of drug-likeness (QED) is 0.391. The van der Waals surface area contributed by atoms with E-state index >= 15 is 4.39 Å². The lowest BCUT2D eigenvalue weighted by atomic mass is 9.82. The van der Waals surface area contributed by atoms with Crippen LogP contribution in [-0.2, 0) is 15.8 Å². The predicted molar refractivity (Wildman–Crippen MR) is 165 cm³/mol. The smallest absolute Gasteiger partial charge is 0.416 e. The van der Waals surface area contributed by atoms with Gasteiger partial charge in [-0.05, 0) is 69.0 Å². The summed E-state index contributed by atoms with van der Waals surface area (Å²) in [6.07, 6.45) is -3.42. The zero-order valence-corrected chi connectivity index (χ0v) is 27.0. The Morgan fingerprint density at radius 2 is 1.58 bits per heavy atom. The van der Waals surface area contributed by atoms with E-state index in [9.17, 15) is 22.8 Å². The number of hydrogen-bond acceptors (Lipinski definition) is 5. The number of hydrogen-bond donors (Lipinski definition) is 0. The number of amides is 2. The van der Waals surface area contributed by atoms with Crippen LogP contribution >= 0.6 is 0 Å². The number of halogens is 4. The van der Waals surface area contributed by atoms with E-state index in [0.29, 0.717) is 49.5 Å². The molecule has 0 spiro atoms. The highest BCUT2D eigenvalue weighted by molar-refractivity contribution is 5.88. The van der Waals surface area contributed by atoms with Gasteiger partial charge in [0, 0.05) is 82.3 Å². The highest BCUT2D eigenvalue weighted by Gasteiger charge is 2.58. The first-order chi connectivity index (χ1) is 21.0. The summed E-state index contributed by atoms with van der Waals surface area (Å²) in [4.78, 5) is 33.4. The van der Waals surface area contributed by atoms with Gasteiger partial charge in [-0.2, -0.15) is 13.2 Å². The van der Waals surface area contributed by atoms with Crippen molar-refractivity contribution in [2.45, 2.75) is 62.8 Å². The van der Waals surface area contributed by atoms with Crippen LogP contribution in [0.25, 0.3) is 0 Å². The number of methoxy groups -OCH3 is 1. The monoisotopic (exact) mass is 632 g/mol. The van der Waals surface area contributed by atoms with Crippen LogP contribution in [0.5, 0.6) is 5.75 Å². The summed E-state index contributed by atoms with van der Waals surface area (Å²) in [5, 5.41) is 0. The molecule has 0 unspecified atom stereocenters. The van der Waals surface area contributed by atoms with Gasteiger partial charge in [-0.3, -0.25) is 14.5 Å². The molecule has 0 saturated carbocycles. The van der Waals surface area contributed by atoms with Crippen LogP contribution in [0.1, 0.15) is 62.1 Å². The topological polar surface area (TPSA) is 56.3 Å². The van der Waals surface area contributed by atoms with Crippen molar-refractivity contribution in [1.29, 1.82) is 0 Å². The average Bonchev–Trinajstić information content (AvgIpc) is 3.35. The molecule has 0 aliphatic carbocycles. The fourth-order valence-electron chi connectivity index (χ4n) is 6.93. The molecular weight excluding hydrogens is 588 g/mol. The van der Waals surface area contributed by atoms with Crippen molar-refractivity contribution < 1.29 is 31.9 Å². The highest BCUT2D eigenvalue weighted by Crippen LogP contribution is 2.46. The Kier molecular flexibility index (Phi) is 8.89. The third-order valence-electron chi connectivity index (χ3n) is 9.79. The maximum atomic E-state index is 17.1. The molecule has 3 aliphatic heterocycles. The molecule has 7 nitrogen and oxygen atoms in total. The molecule has 2 aromatic rings. The molecule has 2 aromatic carbocycles. The summed E-state index contributed by atoms with van der Waals surface area (Å²) in [5.41, 5.74) is -1.34. The summed E-state index contributed by atoms with van der Waals surface area (Å²) in [7, 11) is 4.97. The third-order valence-corrected chi connectivity index (χ3v) is 9.79. The normalized spacial score (nSPS) is 23.6. The van der Waals surface area contributed by atoms with E-state index in [2.05, 4.69) is 0 Å². The van der Waals surface area contributed by atoms with Crippen molar-refractivity contribution in [3.8, 4) is 5.75 Å². The molecule has 0 radical (unpaired) electrons. The van der Waals surface area contributed by atoms with Gasteiger partial charge < -0.3 is 19.4 Å². The number of alkyl halides is 4. The first-order valence-corrected chi connectivity index (χ1v) is 15.6. The van der Waals surface area contributed by atoms with E-state index in [1.54, 1.807) is 50.4 Å². The predicted octanol–water partition coefficient (Wildman–Crippen LogP) is 5.55. The van der Waals surface area contributed by atoms with Gasteiger partial charge in [0.15, 0.2) is 0 Å². The highest BCUT2D eigenvalue weighted by atomic mass is 19.4.